The number of rotatable bonds is 2. The van der Waals surface area contributed by atoms with E-state index in [-0.39, 0.29) is 18.9 Å². The van der Waals surface area contributed by atoms with Gasteiger partial charge in [0.1, 0.15) is 12.1 Å². The Labute approximate surface area is 123 Å². The number of hydrogen-bond acceptors (Lipinski definition) is 4. The number of aromatic nitrogens is 2. The van der Waals surface area contributed by atoms with Crippen LogP contribution < -0.4 is 5.32 Å². The summed E-state index contributed by atoms with van der Waals surface area (Å²) < 4.78 is 1.72. The van der Waals surface area contributed by atoms with E-state index in [4.69, 9.17) is 0 Å². The van der Waals surface area contributed by atoms with E-state index >= 15 is 0 Å². The van der Waals surface area contributed by atoms with E-state index in [1.807, 2.05) is 20.9 Å². The Kier molecular flexibility index (Phi) is 3.61. The van der Waals surface area contributed by atoms with Crippen molar-refractivity contribution >= 4 is 17.7 Å². The quantitative estimate of drug-likeness (QED) is 0.768. The van der Waals surface area contributed by atoms with Crippen LogP contribution in [0.5, 0.6) is 0 Å². The summed E-state index contributed by atoms with van der Waals surface area (Å²) in [5, 5.41) is 6.53. The molecule has 1 aromatic heterocycles. The maximum atomic E-state index is 12.5. The molecule has 1 N–H and O–H groups in total. The van der Waals surface area contributed by atoms with Gasteiger partial charge in [0.2, 0.25) is 11.8 Å². The third-order valence-electron chi connectivity index (χ3n) is 4.07. The Morgan fingerprint density at radius 2 is 1.95 bits per heavy atom. The van der Waals surface area contributed by atoms with E-state index < -0.39 is 17.4 Å². The summed E-state index contributed by atoms with van der Waals surface area (Å²) in [5.41, 5.74) is 1.51. The number of nitrogens with zero attached hydrogens (tertiary/aromatic N) is 3. The second-order valence-corrected chi connectivity index (χ2v) is 5.87. The van der Waals surface area contributed by atoms with Crippen molar-refractivity contribution in [3.63, 3.8) is 0 Å². The van der Waals surface area contributed by atoms with Crippen LogP contribution in [0.1, 0.15) is 30.8 Å². The van der Waals surface area contributed by atoms with Crippen LogP contribution >= 0.6 is 0 Å². The van der Waals surface area contributed by atoms with Gasteiger partial charge in [-0.05, 0) is 27.7 Å². The number of amides is 3. The van der Waals surface area contributed by atoms with Gasteiger partial charge in [-0.2, -0.15) is 5.10 Å². The van der Waals surface area contributed by atoms with Crippen LogP contribution in [0.3, 0.4) is 0 Å². The lowest BCUT2D eigenvalue weighted by molar-refractivity contribution is -0.155. The van der Waals surface area contributed by atoms with Crippen molar-refractivity contribution in [2.24, 2.45) is 7.05 Å². The Hall–Kier alpha value is -2.18. The van der Waals surface area contributed by atoms with Gasteiger partial charge in [0.05, 0.1) is 12.1 Å². The van der Waals surface area contributed by atoms with Gasteiger partial charge in [0, 0.05) is 18.3 Å². The number of nitrogens with one attached hydrogen (secondary N) is 1. The van der Waals surface area contributed by atoms with Crippen LogP contribution in [0.4, 0.5) is 0 Å². The number of aryl methyl sites for hydroxylation is 2. The van der Waals surface area contributed by atoms with E-state index in [0.717, 1.165) is 17.0 Å². The molecule has 0 aliphatic carbocycles. The lowest BCUT2D eigenvalue weighted by Crippen LogP contribution is -2.65. The minimum atomic E-state index is -1.03. The van der Waals surface area contributed by atoms with E-state index in [1.165, 1.54) is 4.90 Å². The number of piperazine rings is 1. The second-order valence-electron chi connectivity index (χ2n) is 5.87. The molecule has 21 heavy (non-hydrogen) atoms. The van der Waals surface area contributed by atoms with E-state index in [9.17, 15) is 14.4 Å². The van der Waals surface area contributed by atoms with Gasteiger partial charge in [-0.25, -0.2) is 0 Å². The molecular formula is C14H20N4O3. The van der Waals surface area contributed by atoms with Crippen molar-refractivity contribution in [2.75, 3.05) is 6.54 Å². The molecule has 0 unspecified atom stereocenters. The molecule has 7 heteroatoms. The highest BCUT2D eigenvalue weighted by atomic mass is 16.2. The molecule has 114 valence electrons. The lowest BCUT2D eigenvalue weighted by Gasteiger charge is -2.40. The molecule has 1 saturated heterocycles. The topological polar surface area (TPSA) is 84.3 Å². The van der Waals surface area contributed by atoms with Crippen LogP contribution in [0.15, 0.2) is 0 Å². The first-order valence-electron chi connectivity index (χ1n) is 6.78. The Bertz CT molecular complexity index is 630. The van der Waals surface area contributed by atoms with Crippen molar-refractivity contribution in [3.8, 4) is 0 Å². The smallest absolute Gasteiger partial charge is 0.252 e. The van der Waals surface area contributed by atoms with E-state index in [2.05, 4.69) is 10.4 Å². The lowest BCUT2D eigenvalue weighted by atomic mass is 9.97. The maximum Gasteiger partial charge on any atom is 0.252 e. The van der Waals surface area contributed by atoms with E-state index in [0.29, 0.717) is 0 Å². The second kappa shape index (κ2) is 4.98. The van der Waals surface area contributed by atoms with Gasteiger partial charge < -0.3 is 4.90 Å². The average molecular weight is 292 g/mol. The summed E-state index contributed by atoms with van der Waals surface area (Å²) in [4.78, 5) is 37.3. The first-order valence-corrected chi connectivity index (χ1v) is 6.78. The molecule has 1 aliphatic rings. The molecule has 1 aliphatic heterocycles. The molecule has 0 bridgehead atoms. The molecule has 0 aromatic carbocycles. The highest BCUT2D eigenvalue weighted by Crippen LogP contribution is 2.21. The molecule has 0 radical (unpaired) electrons. The summed E-state index contributed by atoms with van der Waals surface area (Å²) in [6.07, 6.45) is 0.134. The molecule has 2 rings (SSSR count). The fraction of sp³-hybridized carbons (Fsp3) is 0.571. The van der Waals surface area contributed by atoms with Crippen LogP contribution in [0, 0.1) is 13.8 Å². The number of carbonyl (C=O) groups is 3. The zero-order valence-corrected chi connectivity index (χ0v) is 13.0. The molecule has 0 spiro atoms. The monoisotopic (exact) mass is 292 g/mol. The summed E-state index contributed by atoms with van der Waals surface area (Å²) >= 11 is 0. The molecule has 3 amide bonds. The molecule has 0 saturated carbocycles. The van der Waals surface area contributed by atoms with Crippen LogP contribution in [0.2, 0.25) is 0 Å². The molecule has 1 aromatic rings. The van der Waals surface area contributed by atoms with Crippen molar-refractivity contribution in [2.45, 2.75) is 39.7 Å². The SMILES string of the molecule is Cc1nn(C)c(C)c1CC(=O)N1CC(=O)NC(=O)C1(C)C. The maximum absolute atomic E-state index is 12.5. The third-order valence-corrected chi connectivity index (χ3v) is 4.07. The van der Waals surface area contributed by atoms with Crippen molar-refractivity contribution in [3.05, 3.63) is 17.0 Å². The number of hydrogen-bond donors (Lipinski definition) is 1. The van der Waals surface area contributed by atoms with Gasteiger partial charge in [-0.15, -0.1) is 0 Å². The normalized spacial score (nSPS) is 17.9. The standard InChI is InChI=1S/C14H20N4O3/c1-8-10(9(2)17(5)16-8)6-12(20)18-7-11(19)15-13(21)14(18,3)4/h6-7H2,1-5H3,(H,15,19,21). The van der Waals surface area contributed by atoms with Crippen LogP contribution in [0.25, 0.3) is 0 Å². The first kappa shape index (κ1) is 15.2. The zero-order valence-electron chi connectivity index (χ0n) is 13.0. The van der Waals surface area contributed by atoms with Crippen molar-refractivity contribution in [1.82, 2.24) is 20.0 Å². The predicted octanol–water partition coefficient (Wildman–Crippen LogP) is -0.157. The minimum absolute atomic E-state index is 0.101. The molecule has 1 fully saturated rings. The summed E-state index contributed by atoms with van der Waals surface area (Å²) in [5.74, 6) is -1.15. The van der Waals surface area contributed by atoms with Crippen LogP contribution in [-0.2, 0) is 27.9 Å². The minimum Gasteiger partial charge on any atom is -0.319 e. The van der Waals surface area contributed by atoms with Gasteiger partial charge in [-0.1, -0.05) is 0 Å². The molecular weight excluding hydrogens is 272 g/mol. The van der Waals surface area contributed by atoms with Gasteiger partial charge in [-0.3, -0.25) is 24.4 Å². The van der Waals surface area contributed by atoms with Gasteiger partial charge in [0.15, 0.2) is 0 Å². The Morgan fingerprint density at radius 1 is 1.33 bits per heavy atom. The Balaban J connectivity index is 2.27. The predicted molar refractivity (Wildman–Crippen MR) is 75.3 cm³/mol. The zero-order chi connectivity index (χ0) is 15.9. The fourth-order valence-corrected chi connectivity index (χ4v) is 2.50. The largest absolute Gasteiger partial charge is 0.319 e. The summed E-state index contributed by atoms with van der Waals surface area (Å²) in [6, 6.07) is 0. The first-order chi connectivity index (χ1) is 9.64. The van der Waals surface area contributed by atoms with E-state index in [1.54, 1.807) is 18.5 Å². The number of carbonyl (C=O) groups excluding carboxylic acids is 3. The average Bonchev–Trinajstić information content (AvgIpc) is 2.60. The van der Waals surface area contributed by atoms with Crippen LogP contribution in [-0.4, -0.2) is 44.5 Å². The fourth-order valence-electron chi connectivity index (χ4n) is 2.50. The Morgan fingerprint density at radius 3 is 2.48 bits per heavy atom. The highest BCUT2D eigenvalue weighted by molar-refractivity contribution is 6.06. The number of imide groups is 1. The highest BCUT2D eigenvalue weighted by Gasteiger charge is 2.43. The summed E-state index contributed by atoms with van der Waals surface area (Å²) in [7, 11) is 1.82. The van der Waals surface area contributed by atoms with Gasteiger partial charge >= 0.3 is 0 Å². The molecule has 0 atom stereocenters. The van der Waals surface area contributed by atoms with Crippen molar-refractivity contribution in [1.29, 1.82) is 0 Å². The van der Waals surface area contributed by atoms with Gasteiger partial charge in [0.25, 0.3) is 5.91 Å². The third kappa shape index (κ3) is 2.55. The molecule has 7 nitrogen and oxygen atoms in total. The molecule has 2 heterocycles. The van der Waals surface area contributed by atoms with Crippen molar-refractivity contribution < 1.29 is 14.4 Å². The summed E-state index contributed by atoms with van der Waals surface area (Å²) in [6.45, 7) is 6.90.